The summed E-state index contributed by atoms with van der Waals surface area (Å²) >= 11 is 18.2. The molecule has 0 atom stereocenters. The molecule has 3 aromatic rings. The molecule has 26 heavy (non-hydrogen) atoms. The summed E-state index contributed by atoms with van der Waals surface area (Å²) in [5.41, 5.74) is 1.67. The first-order chi connectivity index (χ1) is 12.5. The van der Waals surface area contributed by atoms with E-state index < -0.39 is 0 Å². The largest absolute Gasteiger partial charge is 0.468 e. The molecule has 0 aliphatic carbocycles. The fraction of sp³-hybridized carbons (Fsp3) is 0.111. The molecule has 1 heterocycles. The summed E-state index contributed by atoms with van der Waals surface area (Å²) in [7, 11) is 0. The van der Waals surface area contributed by atoms with E-state index in [1.54, 1.807) is 48.7 Å². The number of nitrogens with zero attached hydrogens (tertiary/aromatic N) is 2. The molecule has 0 unspecified atom stereocenters. The van der Waals surface area contributed by atoms with E-state index in [4.69, 9.17) is 39.5 Å². The highest BCUT2D eigenvalue weighted by Gasteiger charge is 2.13. The van der Waals surface area contributed by atoms with Crippen molar-refractivity contribution in [1.29, 1.82) is 0 Å². The number of hydrogen-bond donors (Lipinski definition) is 1. The molecule has 8 heteroatoms. The van der Waals surface area contributed by atoms with E-state index in [0.717, 1.165) is 5.56 Å². The van der Waals surface area contributed by atoms with Gasteiger partial charge in [0.2, 0.25) is 0 Å². The van der Waals surface area contributed by atoms with E-state index >= 15 is 0 Å². The second kappa shape index (κ2) is 7.99. The highest BCUT2D eigenvalue weighted by molar-refractivity contribution is 6.37. The van der Waals surface area contributed by atoms with Crippen molar-refractivity contribution in [2.24, 2.45) is 0 Å². The van der Waals surface area contributed by atoms with Crippen LogP contribution in [-0.4, -0.2) is 15.7 Å². The van der Waals surface area contributed by atoms with Gasteiger partial charge in [-0.2, -0.15) is 5.10 Å². The quantitative estimate of drug-likeness (QED) is 0.609. The van der Waals surface area contributed by atoms with Gasteiger partial charge in [0.1, 0.15) is 0 Å². The maximum Gasteiger partial charge on any atom is 0.276 e. The molecule has 2 aromatic carbocycles. The van der Waals surface area contributed by atoms with E-state index in [9.17, 15) is 4.79 Å². The SMILES string of the molecule is Cc1c(Cl)cccc1NC(=O)c1ccn(COc2c(Cl)cccc2Cl)n1. The molecule has 5 nitrogen and oxygen atoms in total. The highest BCUT2D eigenvalue weighted by Crippen LogP contribution is 2.32. The first-order valence-electron chi connectivity index (χ1n) is 7.62. The molecule has 0 bridgehead atoms. The summed E-state index contributed by atoms with van der Waals surface area (Å²) < 4.78 is 7.06. The molecule has 0 fully saturated rings. The average molecular weight is 411 g/mol. The normalized spacial score (nSPS) is 10.6. The number of amides is 1. The Morgan fingerprint density at radius 1 is 1.08 bits per heavy atom. The average Bonchev–Trinajstić information content (AvgIpc) is 3.08. The third kappa shape index (κ3) is 4.12. The molecular formula is C18H14Cl3N3O2. The summed E-state index contributed by atoms with van der Waals surface area (Å²) in [6, 6.07) is 12.0. The van der Waals surface area contributed by atoms with Gasteiger partial charge in [-0.25, -0.2) is 4.68 Å². The molecule has 0 aliphatic heterocycles. The molecule has 0 saturated heterocycles. The molecule has 0 saturated carbocycles. The van der Waals surface area contributed by atoms with Crippen LogP contribution in [0.4, 0.5) is 5.69 Å². The van der Waals surface area contributed by atoms with Crippen molar-refractivity contribution in [3.8, 4) is 5.75 Å². The van der Waals surface area contributed by atoms with Crippen LogP contribution in [0.2, 0.25) is 15.1 Å². The minimum Gasteiger partial charge on any atom is -0.468 e. The second-order valence-electron chi connectivity index (χ2n) is 5.43. The number of carbonyl (C=O) groups excluding carboxylic acids is 1. The molecule has 1 amide bonds. The zero-order valence-electron chi connectivity index (χ0n) is 13.7. The van der Waals surface area contributed by atoms with Gasteiger partial charge in [-0.15, -0.1) is 0 Å². The molecule has 0 aliphatic rings. The fourth-order valence-corrected chi connectivity index (χ4v) is 2.92. The number of anilines is 1. The lowest BCUT2D eigenvalue weighted by Crippen LogP contribution is -2.15. The Hall–Kier alpha value is -2.21. The van der Waals surface area contributed by atoms with Gasteiger partial charge in [-0.05, 0) is 42.8 Å². The number of halogens is 3. The van der Waals surface area contributed by atoms with Crippen molar-refractivity contribution in [3.05, 3.63) is 75.0 Å². The van der Waals surface area contributed by atoms with Crippen LogP contribution in [0.25, 0.3) is 0 Å². The Morgan fingerprint density at radius 3 is 2.46 bits per heavy atom. The predicted octanol–water partition coefficient (Wildman–Crippen LogP) is 5.44. The topological polar surface area (TPSA) is 56.2 Å². The van der Waals surface area contributed by atoms with Gasteiger partial charge in [0.25, 0.3) is 5.91 Å². The molecule has 1 N–H and O–H groups in total. The van der Waals surface area contributed by atoms with E-state index in [0.29, 0.717) is 26.5 Å². The third-order valence-electron chi connectivity index (χ3n) is 3.65. The standard InChI is InChI=1S/C18H14Cl3N3O2/c1-11-12(19)4-3-7-15(11)22-18(25)16-8-9-24(23-16)10-26-17-13(20)5-2-6-14(17)21/h2-9H,10H2,1H3,(H,22,25). The summed E-state index contributed by atoms with van der Waals surface area (Å²) in [6.07, 6.45) is 1.63. The van der Waals surface area contributed by atoms with Crippen LogP contribution in [0.1, 0.15) is 16.1 Å². The number of para-hydroxylation sites is 1. The highest BCUT2D eigenvalue weighted by atomic mass is 35.5. The van der Waals surface area contributed by atoms with Gasteiger partial charge in [-0.3, -0.25) is 4.79 Å². The maximum atomic E-state index is 12.4. The second-order valence-corrected chi connectivity index (χ2v) is 6.65. The zero-order chi connectivity index (χ0) is 18.7. The Bertz CT molecular complexity index is 936. The van der Waals surface area contributed by atoms with E-state index in [1.165, 1.54) is 4.68 Å². The van der Waals surface area contributed by atoms with Crippen LogP contribution in [0.5, 0.6) is 5.75 Å². The number of aromatic nitrogens is 2. The van der Waals surface area contributed by atoms with Crippen molar-refractivity contribution in [1.82, 2.24) is 9.78 Å². The zero-order valence-corrected chi connectivity index (χ0v) is 15.9. The monoisotopic (exact) mass is 409 g/mol. The lowest BCUT2D eigenvalue weighted by Gasteiger charge is -2.10. The van der Waals surface area contributed by atoms with Gasteiger partial charge < -0.3 is 10.1 Å². The van der Waals surface area contributed by atoms with E-state index in [1.807, 2.05) is 6.92 Å². The lowest BCUT2D eigenvalue weighted by atomic mass is 10.2. The lowest BCUT2D eigenvalue weighted by molar-refractivity contribution is 0.102. The summed E-state index contributed by atoms with van der Waals surface area (Å²) in [5.74, 6) is 0.0248. The summed E-state index contributed by atoms with van der Waals surface area (Å²) in [4.78, 5) is 12.4. The predicted molar refractivity (Wildman–Crippen MR) is 103 cm³/mol. The Labute approximate surface area is 165 Å². The molecular weight excluding hydrogens is 397 g/mol. The summed E-state index contributed by atoms with van der Waals surface area (Å²) in [6.45, 7) is 1.89. The number of hydrogen-bond acceptors (Lipinski definition) is 3. The van der Waals surface area contributed by atoms with Crippen molar-refractivity contribution < 1.29 is 9.53 Å². The minimum atomic E-state index is -0.343. The maximum absolute atomic E-state index is 12.4. The summed E-state index contributed by atoms with van der Waals surface area (Å²) in [5, 5.41) is 8.37. The smallest absolute Gasteiger partial charge is 0.276 e. The minimum absolute atomic E-state index is 0.0624. The van der Waals surface area contributed by atoms with Gasteiger partial charge in [0, 0.05) is 16.9 Å². The number of benzene rings is 2. The molecule has 134 valence electrons. The molecule has 0 radical (unpaired) electrons. The van der Waals surface area contributed by atoms with Gasteiger partial charge in [0.15, 0.2) is 18.2 Å². The molecule has 3 rings (SSSR count). The number of ether oxygens (including phenoxy) is 1. The fourth-order valence-electron chi connectivity index (χ4n) is 2.24. The van der Waals surface area contributed by atoms with Crippen LogP contribution in [0, 0.1) is 6.92 Å². The number of nitrogens with one attached hydrogen (secondary N) is 1. The van der Waals surface area contributed by atoms with E-state index in [2.05, 4.69) is 10.4 Å². The van der Waals surface area contributed by atoms with Crippen LogP contribution in [0.3, 0.4) is 0 Å². The van der Waals surface area contributed by atoms with Gasteiger partial charge in [0.05, 0.1) is 10.0 Å². The van der Waals surface area contributed by atoms with Crippen molar-refractivity contribution in [3.63, 3.8) is 0 Å². The van der Waals surface area contributed by atoms with Crippen molar-refractivity contribution in [2.75, 3.05) is 5.32 Å². The number of rotatable bonds is 5. The van der Waals surface area contributed by atoms with Crippen molar-refractivity contribution in [2.45, 2.75) is 13.7 Å². The van der Waals surface area contributed by atoms with Crippen molar-refractivity contribution >= 4 is 46.4 Å². The van der Waals surface area contributed by atoms with Gasteiger partial charge >= 0.3 is 0 Å². The van der Waals surface area contributed by atoms with Crippen LogP contribution in [0.15, 0.2) is 48.7 Å². The third-order valence-corrected chi connectivity index (χ3v) is 4.65. The van der Waals surface area contributed by atoms with Gasteiger partial charge in [-0.1, -0.05) is 46.9 Å². The first-order valence-corrected chi connectivity index (χ1v) is 8.76. The molecule has 1 aromatic heterocycles. The number of carbonyl (C=O) groups is 1. The first kappa shape index (κ1) is 18.6. The van der Waals surface area contributed by atoms with Crippen LogP contribution >= 0.6 is 34.8 Å². The van der Waals surface area contributed by atoms with E-state index in [-0.39, 0.29) is 18.3 Å². The Morgan fingerprint density at radius 2 is 1.73 bits per heavy atom. The Balaban J connectivity index is 1.67. The molecule has 0 spiro atoms. The van der Waals surface area contributed by atoms with Crippen LogP contribution in [-0.2, 0) is 6.73 Å². The Kier molecular flexibility index (Phi) is 5.71. The van der Waals surface area contributed by atoms with Crippen LogP contribution < -0.4 is 10.1 Å².